The summed E-state index contributed by atoms with van der Waals surface area (Å²) in [6.45, 7) is 3.87. The predicted molar refractivity (Wildman–Crippen MR) is 82.3 cm³/mol. The fraction of sp³-hybridized carbons (Fsp3) is 0.562. The number of fused-ring (bicyclic) bond motifs is 2. The molecule has 0 saturated heterocycles. The van der Waals surface area contributed by atoms with Crippen molar-refractivity contribution >= 4 is 21.5 Å². The first-order valence-electron chi connectivity index (χ1n) is 7.56. The van der Waals surface area contributed by atoms with Crippen LogP contribution < -0.4 is 4.72 Å². The number of carbonyl (C=O) groups excluding carboxylic acids is 1. The van der Waals surface area contributed by atoms with Crippen molar-refractivity contribution in [3.63, 3.8) is 0 Å². The van der Waals surface area contributed by atoms with Crippen LogP contribution in [-0.4, -0.2) is 20.0 Å². The molecule has 0 radical (unpaired) electrons. The molecule has 2 saturated carbocycles. The monoisotopic (exact) mass is 343 g/mol. The lowest BCUT2D eigenvalue weighted by Gasteiger charge is -2.36. The number of rotatable bonds is 4. The molecule has 0 unspecified atom stereocenters. The van der Waals surface area contributed by atoms with Gasteiger partial charge in [-0.05, 0) is 36.3 Å². The highest BCUT2D eigenvalue weighted by atomic mass is 32.2. The highest BCUT2D eigenvalue weighted by Gasteiger charge is 2.65. The van der Waals surface area contributed by atoms with Crippen LogP contribution in [0.3, 0.4) is 0 Å². The first kappa shape index (κ1) is 16.4. The van der Waals surface area contributed by atoms with Crippen LogP contribution in [0.5, 0.6) is 0 Å². The molecule has 0 amide bonds. The van der Waals surface area contributed by atoms with Crippen molar-refractivity contribution < 1.29 is 22.0 Å². The van der Waals surface area contributed by atoms with Gasteiger partial charge in [-0.15, -0.1) is 0 Å². The number of anilines is 1. The Bertz CT molecular complexity index is 776. The second-order valence-electron chi connectivity index (χ2n) is 7.15. The Morgan fingerprint density at radius 2 is 2.00 bits per heavy atom. The molecular weight excluding hydrogens is 324 g/mol. The Kier molecular flexibility index (Phi) is 3.55. The van der Waals surface area contributed by atoms with Crippen molar-refractivity contribution in [3.8, 4) is 0 Å². The first-order valence-corrected chi connectivity index (χ1v) is 9.21. The second-order valence-corrected chi connectivity index (χ2v) is 8.87. The maximum Gasteiger partial charge on any atom is 0.233 e. The molecular formula is C16H19F2NO3S. The average Bonchev–Trinajstić information content (AvgIpc) is 2.75. The molecule has 23 heavy (non-hydrogen) atoms. The fourth-order valence-corrected chi connectivity index (χ4v) is 6.11. The Balaban J connectivity index is 1.88. The van der Waals surface area contributed by atoms with E-state index in [2.05, 4.69) is 4.72 Å². The number of halogens is 2. The van der Waals surface area contributed by atoms with E-state index in [0.717, 1.165) is 18.6 Å². The summed E-state index contributed by atoms with van der Waals surface area (Å²) < 4.78 is 53.7. The van der Waals surface area contributed by atoms with Crippen LogP contribution in [-0.2, 0) is 14.8 Å². The van der Waals surface area contributed by atoms with Crippen LogP contribution in [0.1, 0.15) is 33.1 Å². The third-order valence-corrected chi connectivity index (χ3v) is 7.18. The number of benzene rings is 1. The van der Waals surface area contributed by atoms with Crippen LogP contribution in [0.15, 0.2) is 18.2 Å². The van der Waals surface area contributed by atoms with Gasteiger partial charge in [0.05, 0.1) is 16.9 Å². The highest BCUT2D eigenvalue weighted by Crippen LogP contribution is 2.64. The smallest absolute Gasteiger partial charge is 0.233 e. The lowest BCUT2D eigenvalue weighted by Crippen LogP contribution is -2.43. The van der Waals surface area contributed by atoms with Crippen LogP contribution in [0.2, 0.25) is 0 Å². The summed E-state index contributed by atoms with van der Waals surface area (Å²) in [5.74, 6) is -1.95. The van der Waals surface area contributed by atoms with Crippen LogP contribution in [0.25, 0.3) is 0 Å². The largest absolute Gasteiger partial charge is 0.299 e. The molecule has 1 aromatic rings. The van der Waals surface area contributed by atoms with Gasteiger partial charge < -0.3 is 0 Å². The summed E-state index contributed by atoms with van der Waals surface area (Å²) in [6, 6.07) is 2.64. The van der Waals surface area contributed by atoms with Crippen molar-refractivity contribution in [2.75, 3.05) is 10.5 Å². The summed E-state index contributed by atoms with van der Waals surface area (Å²) in [5, 5.41) is 0. The number of carbonyl (C=O) groups is 1. The summed E-state index contributed by atoms with van der Waals surface area (Å²) in [4.78, 5) is 12.4. The number of ketones is 1. The Hall–Kier alpha value is -1.50. The van der Waals surface area contributed by atoms with E-state index in [4.69, 9.17) is 0 Å². The number of sulfonamides is 1. The van der Waals surface area contributed by atoms with Gasteiger partial charge in [0.15, 0.2) is 0 Å². The van der Waals surface area contributed by atoms with Crippen molar-refractivity contribution in [1.82, 2.24) is 0 Å². The Labute approximate surface area is 134 Å². The Morgan fingerprint density at radius 3 is 2.52 bits per heavy atom. The van der Waals surface area contributed by atoms with Gasteiger partial charge in [-0.25, -0.2) is 17.2 Å². The average molecular weight is 343 g/mol. The molecule has 0 aromatic heterocycles. The van der Waals surface area contributed by atoms with Gasteiger partial charge in [0.25, 0.3) is 0 Å². The van der Waals surface area contributed by atoms with Crippen LogP contribution in [0.4, 0.5) is 14.5 Å². The summed E-state index contributed by atoms with van der Waals surface area (Å²) in [6.07, 6.45) is 1.78. The summed E-state index contributed by atoms with van der Waals surface area (Å²) in [7, 11) is -3.93. The molecule has 2 fully saturated rings. The van der Waals surface area contributed by atoms with Crippen LogP contribution >= 0.6 is 0 Å². The molecule has 2 aliphatic carbocycles. The van der Waals surface area contributed by atoms with Crippen molar-refractivity contribution in [3.05, 3.63) is 29.8 Å². The molecule has 1 N–H and O–H groups in total. The molecule has 7 heteroatoms. The molecule has 4 nitrogen and oxygen atoms in total. The van der Waals surface area contributed by atoms with E-state index in [1.165, 1.54) is 0 Å². The molecule has 0 heterocycles. The van der Waals surface area contributed by atoms with Crippen molar-refractivity contribution in [2.45, 2.75) is 33.1 Å². The highest BCUT2D eigenvalue weighted by molar-refractivity contribution is 7.92. The Morgan fingerprint density at radius 1 is 1.30 bits per heavy atom. The molecule has 2 atom stereocenters. The van der Waals surface area contributed by atoms with Gasteiger partial charge in [0.1, 0.15) is 17.4 Å². The molecule has 0 aliphatic heterocycles. The SMILES string of the molecule is CC1(C)[C@@H]2CC[C@@]1(CS(=O)(=O)Nc1ccc(F)cc1F)C(=O)C2. The topological polar surface area (TPSA) is 63.2 Å². The van der Waals surface area contributed by atoms with E-state index in [9.17, 15) is 22.0 Å². The van der Waals surface area contributed by atoms with Gasteiger partial charge in [-0.2, -0.15) is 0 Å². The maximum absolute atomic E-state index is 13.7. The molecule has 2 aliphatic rings. The van der Waals surface area contributed by atoms with Crippen molar-refractivity contribution in [1.29, 1.82) is 0 Å². The minimum absolute atomic E-state index is 0.0243. The second kappa shape index (κ2) is 5.00. The number of Topliss-reactive ketones (excluding diaryl/α,β-unsaturated/α-hetero) is 1. The molecule has 2 bridgehead atoms. The quantitative estimate of drug-likeness (QED) is 0.914. The van der Waals surface area contributed by atoms with E-state index >= 15 is 0 Å². The van der Waals surface area contributed by atoms with Gasteiger partial charge in [0.2, 0.25) is 10.0 Å². The van der Waals surface area contributed by atoms with Crippen molar-refractivity contribution in [2.24, 2.45) is 16.7 Å². The van der Waals surface area contributed by atoms with Crippen LogP contribution in [0, 0.1) is 28.4 Å². The number of hydrogen-bond acceptors (Lipinski definition) is 3. The van der Waals surface area contributed by atoms with E-state index in [1.807, 2.05) is 13.8 Å². The molecule has 0 spiro atoms. The lowest BCUT2D eigenvalue weighted by molar-refractivity contribution is -0.128. The molecule has 3 rings (SSSR count). The standard InChI is InChI=1S/C16H19F2NO3S/c1-15(2)10-5-6-16(15,14(20)7-10)9-23(21,22)19-13-4-3-11(17)8-12(13)18/h3-4,8,10,19H,5-7,9H2,1-2H3/t10-,16-/m1/s1. The summed E-state index contributed by atoms with van der Waals surface area (Å²) >= 11 is 0. The lowest BCUT2D eigenvalue weighted by atomic mass is 9.70. The zero-order valence-corrected chi connectivity index (χ0v) is 13.8. The zero-order chi connectivity index (χ0) is 17.0. The van der Waals surface area contributed by atoms with Gasteiger partial charge in [0, 0.05) is 12.5 Å². The maximum atomic E-state index is 13.7. The molecule has 126 valence electrons. The fourth-order valence-electron chi connectivity index (χ4n) is 4.21. The van der Waals surface area contributed by atoms with E-state index < -0.39 is 27.1 Å². The van der Waals surface area contributed by atoms with E-state index in [-0.39, 0.29) is 28.6 Å². The van der Waals surface area contributed by atoms with E-state index in [0.29, 0.717) is 18.9 Å². The molecule has 1 aromatic carbocycles. The minimum Gasteiger partial charge on any atom is -0.299 e. The van der Waals surface area contributed by atoms with Gasteiger partial charge >= 0.3 is 0 Å². The van der Waals surface area contributed by atoms with Gasteiger partial charge in [-0.1, -0.05) is 13.8 Å². The number of nitrogens with one attached hydrogen (secondary N) is 1. The predicted octanol–water partition coefficient (Wildman–Crippen LogP) is 3.10. The first-order chi connectivity index (χ1) is 10.6. The minimum atomic E-state index is -3.93. The zero-order valence-electron chi connectivity index (χ0n) is 13.0. The normalized spacial score (nSPS) is 29.0. The van der Waals surface area contributed by atoms with E-state index in [1.54, 1.807) is 0 Å². The number of hydrogen-bond donors (Lipinski definition) is 1. The third kappa shape index (κ3) is 2.45. The summed E-state index contributed by atoms with van der Waals surface area (Å²) in [5.41, 5.74) is -1.61. The van der Waals surface area contributed by atoms with Gasteiger partial charge in [-0.3, -0.25) is 9.52 Å². The third-order valence-electron chi connectivity index (χ3n) is 5.77.